The Kier molecular flexibility index (Phi) is 5.14. The van der Waals surface area contributed by atoms with E-state index >= 15 is 0 Å². The lowest BCUT2D eigenvalue weighted by Gasteiger charge is -2.16. The molecule has 1 heterocycles. The lowest BCUT2D eigenvalue weighted by atomic mass is 10.1. The average Bonchev–Trinajstić information content (AvgIpc) is 3.02. The van der Waals surface area contributed by atoms with E-state index in [4.69, 9.17) is 16.3 Å². The number of carbonyl (C=O) groups is 3. The van der Waals surface area contributed by atoms with Crippen LogP contribution >= 0.6 is 11.6 Å². The molecule has 2 aromatic rings. The zero-order chi connectivity index (χ0) is 17.8. The average molecular weight is 358 g/mol. The Morgan fingerprint density at radius 2 is 1.76 bits per heavy atom. The van der Waals surface area contributed by atoms with E-state index in [0.717, 1.165) is 5.69 Å². The normalized spacial score (nSPS) is 16.8. The predicted molar refractivity (Wildman–Crippen MR) is 93.6 cm³/mol. The van der Waals surface area contributed by atoms with Crippen LogP contribution in [0.4, 0.5) is 5.69 Å². The molecule has 0 spiro atoms. The maximum Gasteiger partial charge on any atom is 0.311 e. The van der Waals surface area contributed by atoms with Crippen molar-refractivity contribution in [1.82, 2.24) is 0 Å². The second-order valence-corrected chi connectivity index (χ2v) is 6.22. The molecule has 25 heavy (non-hydrogen) atoms. The van der Waals surface area contributed by atoms with E-state index in [1.165, 1.54) is 0 Å². The summed E-state index contributed by atoms with van der Waals surface area (Å²) in [6.45, 7) is -0.0900. The van der Waals surface area contributed by atoms with Crippen LogP contribution in [0.25, 0.3) is 0 Å². The fourth-order valence-corrected chi connectivity index (χ4v) is 2.82. The summed E-state index contributed by atoms with van der Waals surface area (Å²) in [6, 6.07) is 15.5. The smallest absolute Gasteiger partial charge is 0.311 e. The molecule has 1 fully saturated rings. The number of hydrogen-bond donors (Lipinski definition) is 0. The van der Waals surface area contributed by atoms with Gasteiger partial charge in [-0.15, -0.1) is 0 Å². The summed E-state index contributed by atoms with van der Waals surface area (Å²) in [4.78, 5) is 37.9. The number of carbonyl (C=O) groups excluding carboxylic acids is 3. The van der Waals surface area contributed by atoms with Crippen molar-refractivity contribution in [2.45, 2.75) is 6.42 Å². The van der Waals surface area contributed by atoms with Crippen LogP contribution in [0.2, 0.25) is 5.02 Å². The molecule has 1 saturated heterocycles. The van der Waals surface area contributed by atoms with Gasteiger partial charge in [0.05, 0.1) is 5.92 Å². The summed E-state index contributed by atoms with van der Waals surface area (Å²) in [6.07, 6.45) is 0.0862. The van der Waals surface area contributed by atoms with Gasteiger partial charge in [-0.1, -0.05) is 29.8 Å². The second-order valence-electron chi connectivity index (χ2n) is 5.78. The van der Waals surface area contributed by atoms with Crippen LogP contribution in [0, 0.1) is 5.92 Å². The van der Waals surface area contributed by atoms with E-state index in [1.54, 1.807) is 29.2 Å². The third-order valence-corrected chi connectivity index (χ3v) is 4.29. The Morgan fingerprint density at radius 1 is 1.08 bits per heavy atom. The highest BCUT2D eigenvalue weighted by molar-refractivity contribution is 6.30. The molecule has 0 aromatic heterocycles. The molecule has 0 bridgehead atoms. The number of halogens is 1. The van der Waals surface area contributed by atoms with E-state index in [2.05, 4.69) is 0 Å². The number of ether oxygens (including phenoxy) is 1. The fraction of sp³-hybridized carbons (Fsp3) is 0.211. The highest BCUT2D eigenvalue weighted by Crippen LogP contribution is 2.25. The van der Waals surface area contributed by atoms with E-state index in [0.29, 0.717) is 10.6 Å². The third-order valence-electron chi connectivity index (χ3n) is 4.04. The molecular weight excluding hydrogens is 342 g/mol. The summed E-state index contributed by atoms with van der Waals surface area (Å²) in [5.74, 6) is -1.54. The molecule has 1 aliphatic rings. The first-order chi connectivity index (χ1) is 12.0. The maximum atomic E-state index is 12.2. The van der Waals surface area contributed by atoms with Crippen molar-refractivity contribution < 1.29 is 19.1 Å². The summed E-state index contributed by atoms with van der Waals surface area (Å²) < 4.78 is 5.10. The molecule has 3 rings (SSSR count). The van der Waals surface area contributed by atoms with Crippen LogP contribution in [-0.4, -0.2) is 30.8 Å². The standard InChI is InChI=1S/C19H16ClNO4/c20-15-8-6-13(7-9-15)17(22)12-25-19(24)14-10-18(23)21(11-14)16-4-2-1-3-5-16/h1-9,14H,10-12H2/t14-/m0/s1. The summed E-state index contributed by atoms with van der Waals surface area (Å²) in [7, 11) is 0. The van der Waals surface area contributed by atoms with Gasteiger partial charge in [0, 0.05) is 29.2 Å². The van der Waals surface area contributed by atoms with Gasteiger partial charge in [-0.3, -0.25) is 14.4 Å². The first kappa shape index (κ1) is 17.2. The van der Waals surface area contributed by atoms with Gasteiger partial charge in [0.1, 0.15) is 0 Å². The Hall–Kier alpha value is -2.66. The molecule has 0 unspecified atom stereocenters. The quantitative estimate of drug-likeness (QED) is 0.609. The number of hydrogen-bond acceptors (Lipinski definition) is 4. The number of amides is 1. The van der Waals surface area contributed by atoms with Gasteiger partial charge in [-0.25, -0.2) is 0 Å². The molecule has 1 aliphatic heterocycles. The minimum Gasteiger partial charge on any atom is -0.457 e. The SMILES string of the molecule is O=C(COC(=O)[C@H]1CC(=O)N(c2ccccc2)C1)c1ccc(Cl)cc1. The molecule has 0 radical (unpaired) electrons. The number of benzene rings is 2. The third kappa shape index (κ3) is 4.06. The van der Waals surface area contributed by atoms with Gasteiger partial charge in [-0.05, 0) is 36.4 Å². The number of Topliss-reactive ketones (excluding diaryl/α,β-unsaturated/α-hetero) is 1. The highest BCUT2D eigenvalue weighted by atomic mass is 35.5. The molecule has 128 valence electrons. The summed E-state index contributed by atoms with van der Waals surface area (Å²) in [5, 5.41) is 0.527. The molecule has 0 N–H and O–H groups in total. The van der Waals surface area contributed by atoms with Gasteiger partial charge in [-0.2, -0.15) is 0 Å². The largest absolute Gasteiger partial charge is 0.457 e. The van der Waals surface area contributed by atoms with Gasteiger partial charge in [0.25, 0.3) is 0 Å². The highest BCUT2D eigenvalue weighted by Gasteiger charge is 2.36. The minimum atomic E-state index is -0.564. The monoisotopic (exact) mass is 357 g/mol. The molecule has 0 aliphatic carbocycles. The van der Waals surface area contributed by atoms with Gasteiger partial charge in [0.2, 0.25) is 5.91 Å². The first-order valence-electron chi connectivity index (χ1n) is 7.85. The topological polar surface area (TPSA) is 63.7 Å². The van der Waals surface area contributed by atoms with Crippen LogP contribution in [0.5, 0.6) is 0 Å². The second kappa shape index (κ2) is 7.49. The van der Waals surface area contributed by atoms with Crippen LogP contribution in [0.15, 0.2) is 54.6 Å². The summed E-state index contributed by atoms with van der Waals surface area (Å²) in [5.41, 5.74) is 1.17. The Labute approximate surface area is 150 Å². The molecular formula is C19H16ClNO4. The van der Waals surface area contributed by atoms with Crippen LogP contribution in [-0.2, 0) is 14.3 Å². The van der Waals surface area contributed by atoms with Crippen molar-refractivity contribution in [3.63, 3.8) is 0 Å². The lowest BCUT2D eigenvalue weighted by Crippen LogP contribution is -2.27. The maximum absolute atomic E-state index is 12.2. The number of esters is 1. The van der Waals surface area contributed by atoms with Gasteiger partial charge in [0.15, 0.2) is 12.4 Å². The van der Waals surface area contributed by atoms with Crippen molar-refractivity contribution in [3.05, 3.63) is 65.2 Å². The number of anilines is 1. The van der Waals surface area contributed by atoms with Crippen molar-refractivity contribution in [3.8, 4) is 0 Å². The first-order valence-corrected chi connectivity index (χ1v) is 8.23. The lowest BCUT2D eigenvalue weighted by molar-refractivity contribution is -0.147. The molecule has 2 aromatic carbocycles. The predicted octanol–water partition coefficient (Wildman–Crippen LogP) is 3.12. The molecule has 1 amide bonds. The Morgan fingerprint density at radius 3 is 2.44 bits per heavy atom. The van der Waals surface area contributed by atoms with Crippen molar-refractivity contribution in [2.75, 3.05) is 18.1 Å². The molecule has 1 atom stereocenters. The molecule has 0 saturated carbocycles. The number of ketones is 1. The molecule has 5 nitrogen and oxygen atoms in total. The van der Waals surface area contributed by atoms with Gasteiger partial charge >= 0.3 is 5.97 Å². The van der Waals surface area contributed by atoms with Crippen LogP contribution < -0.4 is 4.90 Å². The van der Waals surface area contributed by atoms with Crippen LogP contribution in [0.1, 0.15) is 16.8 Å². The molecule has 6 heteroatoms. The number of nitrogens with zero attached hydrogens (tertiary/aromatic N) is 1. The zero-order valence-corrected chi connectivity index (χ0v) is 14.1. The van der Waals surface area contributed by atoms with Crippen molar-refractivity contribution in [1.29, 1.82) is 0 Å². The number of rotatable bonds is 5. The van der Waals surface area contributed by atoms with Crippen molar-refractivity contribution in [2.24, 2.45) is 5.92 Å². The van der Waals surface area contributed by atoms with E-state index in [1.807, 2.05) is 30.3 Å². The zero-order valence-electron chi connectivity index (χ0n) is 13.4. The van der Waals surface area contributed by atoms with Gasteiger partial charge < -0.3 is 9.64 Å². The Bertz CT molecular complexity index is 789. The minimum absolute atomic E-state index is 0.0862. The van der Waals surface area contributed by atoms with Crippen molar-refractivity contribution >= 4 is 34.9 Å². The summed E-state index contributed by atoms with van der Waals surface area (Å²) >= 11 is 5.77. The van der Waals surface area contributed by atoms with E-state index in [9.17, 15) is 14.4 Å². The Balaban J connectivity index is 1.56. The van der Waals surface area contributed by atoms with Crippen LogP contribution in [0.3, 0.4) is 0 Å². The van der Waals surface area contributed by atoms with E-state index in [-0.39, 0.29) is 31.3 Å². The number of para-hydroxylation sites is 1. The fourth-order valence-electron chi connectivity index (χ4n) is 2.70. The van der Waals surface area contributed by atoms with E-state index < -0.39 is 11.9 Å².